The molecule has 4 nitrogen and oxygen atoms in total. The predicted molar refractivity (Wildman–Crippen MR) is 81.5 cm³/mol. The molecule has 22 heavy (non-hydrogen) atoms. The highest BCUT2D eigenvalue weighted by Crippen LogP contribution is 2.15. The quantitative estimate of drug-likeness (QED) is 0.690. The summed E-state index contributed by atoms with van der Waals surface area (Å²) in [7, 11) is 0. The van der Waals surface area contributed by atoms with Crippen LogP contribution in [0.15, 0.2) is 69.9 Å². The van der Waals surface area contributed by atoms with E-state index in [1.807, 2.05) is 48.5 Å². The van der Waals surface area contributed by atoms with Gasteiger partial charge in [0.2, 0.25) is 0 Å². The van der Waals surface area contributed by atoms with Gasteiger partial charge >= 0.3 is 0 Å². The Morgan fingerprint density at radius 1 is 0.818 bits per heavy atom. The van der Waals surface area contributed by atoms with E-state index in [1.54, 1.807) is 12.5 Å². The van der Waals surface area contributed by atoms with Gasteiger partial charge in [0.1, 0.15) is 11.5 Å². The van der Waals surface area contributed by atoms with Crippen molar-refractivity contribution in [2.24, 2.45) is 0 Å². The van der Waals surface area contributed by atoms with Gasteiger partial charge in [0.25, 0.3) is 0 Å². The van der Waals surface area contributed by atoms with Crippen LogP contribution in [0.3, 0.4) is 0 Å². The van der Waals surface area contributed by atoms with Crippen molar-refractivity contribution in [3.05, 3.63) is 83.7 Å². The molecule has 0 unspecified atom stereocenters. The van der Waals surface area contributed by atoms with Gasteiger partial charge in [0, 0.05) is 6.54 Å². The van der Waals surface area contributed by atoms with Gasteiger partial charge in [-0.1, -0.05) is 12.1 Å². The van der Waals surface area contributed by atoms with E-state index in [4.69, 9.17) is 14.1 Å². The molecule has 2 heterocycles. The van der Waals surface area contributed by atoms with E-state index in [2.05, 4.69) is 11.0 Å². The monoisotopic (exact) mass is 292 g/mol. The fourth-order valence-corrected chi connectivity index (χ4v) is 2.36. The number of nitriles is 1. The van der Waals surface area contributed by atoms with Crippen LogP contribution < -0.4 is 0 Å². The van der Waals surface area contributed by atoms with Gasteiger partial charge in [0.15, 0.2) is 0 Å². The van der Waals surface area contributed by atoms with Crippen LogP contribution in [0.1, 0.15) is 22.6 Å². The van der Waals surface area contributed by atoms with Crippen molar-refractivity contribution in [2.75, 3.05) is 0 Å². The average molecular weight is 292 g/mol. The second-order valence-corrected chi connectivity index (χ2v) is 5.11. The van der Waals surface area contributed by atoms with Crippen LogP contribution in [0.25, 0.3) is 0 Å². The zero-order valence-corrected chi connectivity index (χ0v) is 12.1. The molecule has 0 spiro atoms. The highest BCUT2D eigenvalue weighted by molar-refractivity contribution is 5.31. The standard InChI is InChI=1S/C18H16N2O2/c19-11-15-5-7-16(8-6-15)12-20(13-17-3-1-9-21-17)14-18-4-2-10-22-18/h1-10H,12-14H2. The van der Waals surface area contributed by atoms with Crippen LogP contribution in [0.2, 0.25) is 0 Å². The van der Waals surface area contributed by atoms with Gasteiger partial charge in [0.05, 0.1) is 37.2 Å². The molecule has 0 fully saturated rings. The van der Waals surface area contributed by atoms with Crippen molar-refractivity contribution >= 4 is 0 Å². The van der Waals surface area contributed by atoms with E-state index in [1.165, 1.54) is 0 Å². The van der Waals surface area contributed by atoms with Crippen LogP contribution in [-0.4, -0.2) is 4.90 Å². The molecule has 0 N–H and O–H groups in total. The molecule has 0 aliphatic carbocycles. The van der Waals surface area contributed by atoms with Gasteiger partial charge in [-0.05, 0) is 42.0 Å². The zero-order chi connectivity index (χ0) is 15.2. The summed E-state index contributed by atoms with van der Waals surface area (Å²) in [4.78, 5) is 2.24. The Morgan fingerprint density at radius 2 is 1.41 bits per heavy atom. The maximum Gasteiger partial charge on any atom is 0.117 e. The third-order valence-electron chi connectivity index (χ3n) is 3.41. The van der Waals surface area contributed by atoms with Crippen molar-refractivity contribution < 1.29 is 8.83 Å². The Bertz CT molecular complexity index is 686. The SMILES string of the molecule is N#Cc1ccc(CN(Cc2ccco2)Cc2ccco2)cc1. The third-order valence-corrected chi connectivity index (χ3v) is 3.41. The molecule has 3 rings (SSSR count). The molecule has 3 aromatic rings. The predicted octanol–water partition coefficient (Wildman–Crippen LogP) is 3.95. The number of nitrogens with zero attached hydrogens (tertiary/aromatic N) is 2. The first-order chi connectivity index (χ1) is 10.8. The van der Waals surface area contributed by atoms with Gasteiger partial charge in [-0.2, -0.15) is 5.26 Å². The average Bonchev–Trinajstić information content (AvgIpc) is 3.22. The maximum atomic E-state index is 8.87. The normalized spacial score (nSPS) is 10.7. The van der Waals surface area contributed by atoms with Crippen molar-refractivity contribution in [1.29, 1.82) is 5.26 Å². The fraction of sp³-hybridized carbons (Fsp3) is 0.167. The van der Waals surface area contributed by atoms with E-state index in [-0.39, 0.29) is 0 Å². The van der Waals surface area contributed by atoms with E-state index >= 15 is 0 Å². The number of benzene rings is 1. The van der Waals surface area contributed by atoms with Gasteiger partial charge in [-0.25, -0.2) is 0 Å². The summed E-state index contributed by atoms with van der Waals surface area (Å²) in [5.41, 5.74) is 1.82. The molecule has 0 atom stereocenters. The second kappa shape index (κ2) is 6.79. The molecule has 0 radical (unpaired) electrons. The van der Waals surface area contributed by atoms with E-state index < -0.39 is 0 Å². The van der Waals surface area contributed by atoms with E-state index in [0.717, 1.165) is 23.6 Å². The third kappa shape index (κ3) is 3.66. The first-order valence-corrected chi connectivity index (χ1v) is 7.09. The summed E-state index contributed by atoms with van der Waals surface area (Å²) in [6.45, 7) is 2.16. The summed E-state index contributed by atoms with van der Waals surface area (Å²) in [6.07, 6.45) is 3.37. The van der Waals surface area contributed by atoms with Crippen molar-refractivity contribution in [1.82, 2.24) is 4.90 Å². The smallest absolute Gasteiger partial charge is 0.117 e. The van der Waals surface area contributed by atoms with Crippen LogP contribution >= 0.6 is 0 Å². The first kappa shape index (κ1) is 14.2. The van der Waals surface area contributed by atoms with E-state index in [0.29, 0.717) is 18.7 Å². The van der Waals surface area contributed by atoms with Crippen LogP contribution in [-0.2, 0) is 19.6 Å². The van der Waals surface area contributed by atoms with Crippen molar-refractivity contribution in [2.45, 2.75) is 19.6 Å². The van der Waals surface area contributed by atoms with Crippen LogP contribution in [0.5, 0.6) is 0 Å². The summed E-state index contributed by atoms with van der Waals surface area (Å²) in [6, 6.07) is 17.5. The molecule has 0 aliphatic heterocycles. The maximum absolute atomic E-state index is 8.87. The molecule has 0 saturated heterocycles. The largest absolute Gasteiger partial charge is 0.468 e. The van der Waals surface area contributed by atoms with Crippen molar-refractivity contribution in [3.63, 3.8) is 0 Å². The lowest BCUT2D eigenvalue weighted by Crippen LogP contribution is -2.21. The highest BCUT2D eigenvalue weighted by Gasteiger charge is 2.11. The van der Waals surface area contributed by atoms with E-state index in [9.17, 15) is 0 Å². The zero-order valence-electron chi connectivity index (χ0n) is 12.1. The topological polar surface area (TPSA) is 53.3 Å². The molecule has 2 aromatic heterocycles. The Morgan fingerprint density at radius 3 is 1.86 bits per heavy atom. The summed E-state index contributed by atoms with van der Waals surface area (Å²) in [5.74, 6) is 1.83. The molecular formula is C18H16N2O2. The summed E-state index contributed by atoms with van der Waals surface area (Å²) < 4.78 is 10.9. The molecule has 0 amide bonds. The van der Waals surface area contributed by atoms with Gasteiger partial charge in [-0.15, -0.1) is 0 Å². The summed E-state index contributed by atoms with van der Waals surface area (Å²) in [5, 5.41) is 8.87. The first-order valence-electron chi connectivity index (χ1n) is 7.09. The minimum Gasteiger partial charge on any atom is -0.468 e. The lowest BCUT2D eigenvalue weighted by molar-refractivity contribution is 0.209. The number of hydrogen-bond acceptors (Lipinski definition) is 4. The Hall–Kier alpha value is -2.77. The Balaban J connectivity index is 1.73. The molecule has 4 heteroatoms. The number of rotatable bonds is 6. The van der Waals surface area contributed by atoms with Gasteiger partial charge in [-0.3, -0.25) is 4.90 Å². The lowest BCUT2D eigenvalue weighted by atomic mass is 10.1. The molecule has 110 valence electrons. The molecule has 0 saturated carbocycles. The van der Waals surface area contributed by atoms with Crippen molar-refractivity contribution in [3.8, 4) is 6.07 Å². The highest BCUT2D eigenvalue weighted by atomic mass is 16.3. The van der Waals surface area contributed by atoms with Crippen LogP contribution in [0, 0.1) is 11.3 Å². The Kier molecular flexibility index (Phi) is 4.38. The number of furan rings is 2. The minimum atomic E-state index is 0.673. The minimum absolute atomic E-state index is 0.673. The summed E-state index contributed by atoms with van der Waals surface area (Å²) >= 11 is 0. The van der Waals surface area contributed by atoms with Gasteiger partial charge < -0.3 is 8.83 Å². The molecule has 0 aliphatic rings. The molecule has 1 aromatic carbocycles. The Labute approximate surface area is 129 Å². The molecule has 0 bridgehead atoms. The van der Waals surface area contributed by atoms with Crippen LogP contribution in [0.4, 0.5) is 0 Å². The number of hydrogen-bond donors (Lipinski definition) is 0. The second-order valence-electron chi connectivity index (χ2n) is 5.11. The molecular weight excluding hydrogens is 276 g/mol. The lowest BCUT2D eigenvalue weighted by Gasteiger charge is -2.20. The fourth-order valence-electron chi connectivity index (χ4n) is 2.36.